The largest absolute Gasteiger partial charge is 0.367 e. The maximum absolute atomic E-state index is 5.70. The number of aryl methyl sites for hydroxylation is 1. The van der Waals surface area contributed by atoms with E-state index >= 15 is 0 Å². The fourth-order valence-corrected chi connectivity index (χ4v) is 3.41. The Morgan fingerprint density at radius 1 is 0.913 bits per heavy atom. The van der Waals surface area contributed by atoms with Gasteiger partial charge < -0.3 is 8.92 Å². The highest BCUT2D eigenvalue weighted by Crippen LogP contribution is 2.30. The molecule has 130 valence electrons. The van der Waals surface area contributed by atoms with E-state index < -0.39 is 0 Å². The molecule has 1 aliphatic rings. The molecule has 1 fully saturated rings. The molecule has 0 spiro atoms. The van der Waals surface area contributed by atoms with Crippen LogP contribution >= 0.6 is 12.0 Å². The third-order valence-electron chi connectivity index (χ3n) is 4.44. The van der Waals surface area contributed by atoms with Crippen molar-refractivity contribution >= 4 is 12.0 Å². The minimum atomic E-state index is 0.331. The van der Waals surface area contributed by atoms with Crippen molar-refractivity contribution in [1.29, 1.82) is 0 Å². The predicted molar refractivity (Wildman–Crippen MR) is 98.9 cm³/mol. The van der Waals surface area contributed by atoms with Crippen LogP contribution in [-0.4, -0.2) is 18.8 Å². The molecule has 2 nitrogen and oxygen atoms in total. The minimum Gasteiger partial charge on any atom is -0.367 e. The molecule has 23 heavy (non-hydrogen) atoms. The SMILES string of the molecule is CCCCCCCCCC[C@@H]1O[C@@H]1COSc1ccc(C)cc1. The summed E-state index contributed by atoms with van der Waals surface area (Å²) in [4.78, 5) is 1.16. The van der Waals surface area contributed by atoms with Gasteiger partial charge in [0.1, 0.15) is 6.10 Å². The Hall–Kier alpha value is -0.510. The van der Waals surface area contributed by atoms with Gasteiger partial charge in [-0.3, -0.25) is 0 Å². The van der Waals surface area contributed by atoms with Crippen LogP contribution in [0.5, 0.6) is 0 Å². The first-order chi connectivity index (χ1) is 11.3. The summed E-state index contributed by atoms with van der Waals surface area (Å²) in [5.41, 5.74) is 1.28. The Labute approximate surface area is 146 Å². The number of ether oxygens (including phenoxy) is 1. The third-order valence-corrected chi connectivity index (χ3v) is 5.16. The molecule has 1 aliphatic heterocycles. The first kappa shape index (κ1) is 18.8. The van der Waals surface area contributed by atoms with Crippen LogP contribution in [-0.2, 0) is 8.92 Å². The van der Waals surface area contributed by atoms with Gasteiger partial charge >= 0.3 is 0 Å². The molecule has 2 atom stereocenters. The zero-order valence-corrected chi connectivity index (χ0v) is 15.6. The number of hydrogen-bond donors (Lipinski definition) is 0. The summed E-state index contributed by atoms with van der Waals surface area (Å²) in [6, 6.07) is 8.44. The lowest BCUT2D eigenvalue weighted by Gasteiger charge is -2.02. The zero-order valence-electron chi connectivity index (χ0n) is 14.8. The number of epoxide rings is 1. The van der Waals surface area contributed by atoms with Crippen molar-refractivity contribution < 1.29 is 8.92 Å². The lowest BCUT2D eigenvalue weighted by molar-refractivity contribution is 0.287. The molecule has 0 unspecified atom stereocenters. The van der Waals surface area contributed by atoms with E-state index in [0.717, 1.165) is 4.90 Å². The van der Waals surface area contributed by atoms with Crippen LogP contribution in [0.1, 0.15) is 70.3 Å². The van der Waals surface area contributed by atoms with Crippen molar-refractivity contribution in [2.75, 3.05) is 6.61 Å². The van der Waals surface area contributed by atoms with Crippen molar-refractivity contribution in [1.82, 2.24) is 0 Å². The molecule has 0 bridgehead atoms. The average molecular weight is 337 g/mol. The Kier molecular flexibility index (Phi) is 9.10. The molecule has 0 aliphatic carbocycles. The van der Waals surface area contributed by atoms with Crippen LogP contribution < -0.4 is 0 Å². The molecule has 1 aromatic carbocycles. The number of benzene rings is 1. The fourth-order valence-electron chi connectivity index (χ4n) is 2.82. The molecule has 0 radical (unpaired) electrons. The zero-order chi connectivity index (χ0) is 16.3. The normalized spacial score (nSPS) is 19.9. The molecule has 3 heteroatoms. The van der Waals surface area contributed by atoms with Crippen molar-refractivity contribution in [3.05, 3.63) is 29.8 Å². The van der Waals surface area contributed by atoms with Crippen molar-refractivity contribution in [2.24, 2.45) is 0 Å². The average Bonchev–Trinajstić information content (AvgIpc) is 3.30. The highest BCUT2D eigenvalue weighted by molar-refractivity contribution is 7.94. The van der Waals surface area contributed by atoms with Gasteiger partial charge in [0.25, 0.3) is 0 Å². The van der Waals surface area contributed by atoms with Gasteiger partial charge in [0.15, 0.2) is 0 Å². The van der Waals surface area contributed by atoms with Gasteiger partial charge in [0.2, 0.25) is 0 Å². The first-order valence-electron chi connectivity index (χ1n) is 9.31. The van der Waals surface area contributed by atoms with Crippen molar-refractivity contribution in [3.63, 3.8) is 0 Å². The second-order valence-electron chi connectivity index (χ2n) is 6.66. The van der Waals surface area contributed by atoms with E-state index in [4.69, 9.17) is 8.92 Å². The van der Waals surface area contributed by atoms with Crippen LogP contribution in [0, 0.1) is 6.92 Å². The number of hydrogen-bond acceptors (Lipinski definition) is 3. The summed E-state index contributed by atoms with van der Waals surface area (Å²) in [7, 11) is 0. The lowest BCUT2D eigenvalue weighted by Crippen LogP contribution is -2.01. The highest BCUT2D eigenvalue weighted by atomic mass is 32.2. The third kappa shape index (κ3) is 8.23. The van der Waals surface area contributed by atoms with Gasteiger partial charge in [-0.05, 0) is 25.5 Å². The van der Waals surface area contributed by atoms with E-state index in [1.165, 1.54) is 75.4 Å². The molecule has 0 N–H and O–H groups in total. The van der Waals surface area contributed by atoms with Crippen LogP contribution in [0.15, 0.2) is 29.2 Å². The predicted octanol–water partition coefficient (Wildman–Crippen LogP) is 6.32. The van der Waals surface area contributed by atoms with Crippen LogP contribution in [0.2, 0.25) is 0 Å². The topological polar surface area (TPSA) is 21.8 Å². The van der Waals surface area contributed by atoms with Crippen LogP contribution in [0.4, 0.5) is 0 Å². The van der Waals surface area contributed by atoms with E-state index in [1.807, 2.05) is 0 Å². The molecule has 1 heterocycles. The molecular formula is C20H32O2S. The Bertz CT molecular complexity index is 418. The second kappa shape index (κ2) is 11.1. The smallest absolute Gasteiger partial charge is 0.109 e. The van der Waals surface area contributed by atoms with Crippen LogP contribution in [0.3, 0.4) is 0 Å². The van der Waals surface area contributed by atoms with E-state index in [1.54, 1.807) is 0 Å². The first-order valence-corrected chi connectivity index (χ1v) is 10.1. The lowest BCUT2D eigenvalue weighted by atomic mass is 10.1. The van der Waals surface area contributed by atoms with Gasteiger partial charge in [-0.25, -0.2) is 0 Å². The number of unbranched alkanes of at least 4 members (excludes halogenated alkanes) is 7. The van der Waals surface area contributed by atoms with Crippen molar-refractivity contribution in [3.8, 4) is 0 Å². The number of rotatable bonds is 13. The summed E-state index contributed by atoms with van der Waals surface area (Å²) >= 11 is 1.46. The van der Waals surface area contributed by atoms with Gasteiger partial charge in [-0.1, -0.05) is 76.0 Å². The van der Waals surface area contributed by atoms with Gasteiger partial charge in [-0.15, -0.1) is 0 Å². The highest BCUT2D eigenvalue weighted by Gasteiger charge is 2.38. The Morgan fingerprint density at radius 2 is 1.57 bits per heavy atom. The minimum absolute atomic E-state index is 0.331. The maximum Gasteiger partial charge on any atom is 0.109 e. The standard InChI is InChI=1S/C20H32O2S/c1-3-4-5-6-7-8-9-10-11-19-20(22-19)16-21-23-18-14-12-17(2)13-15-18/h12-15,19-20H,3-11,16H2,1-2H3/t19-,20+/m0/s1. The van der Waals surface area contributed by atoms with E-state index in [9.17, 15) is 0 Å². The summed E-state index contributed by atoms with van der Waals surface area (Å²) in [5, 5.41) is 0. The van der Waals surface area contributed by atoms with Gasteiger partial charge in [-0.2, -0.15) is 0 Å². The van der Waals surface area contributed by atoms with Crippen LogP contribution in [0.25, 0.3) is 0 Å². The Morgan fingerprint density at radius 3 is 2.26 bits per heavy atom. The van der Waals surface area contributed by atoms with E-state index in [2.05, 4.69) is 38.1 Å². The summed E-state index contributed by atoms with van der Waals surface area (Å²) in [5.74, 6) is 0. The van der Waals surface area contributed by atoms with Crippen molar-refractivity contribution in [2.45, 2.75) is 88.7 Å². The summed E-state index contributed by atoms with van der Waals surface area (Å²) in [6.07, 6.45) is 13.0. The molecule has 1 aromatic rings. The summed E-state index contributed by atoms with van der Waals surface area (Å²) < 4.78 is 11.4. The fraction of sp³-hybridized carbons (Fsp3) is 0.700. The molecule has 1 saturated heterocycles. The van der Waals surface area contributed by atoms with E-state index in [-0.39, 0.29) is 0 Å². The van der Waals surface area contributed by atoms with Gasteiger partial charge in [0, 0.05) is 16.9 Å². The quantitative estimate of drug-likeness (QED) is 0.239. The molecule has 0 saturated carbocycles. The summed E-state index contributed by atoms with van der Waals surface area (Å²) in [6.45, 7) is 5.08. The monoisotopic (exact) mass is 336 g/mol. The maximum atomic E-state index is 5.70. The molecular weight excluding hydrogens is 304 g/mol. The van der Waals surface area contributed by atoms with E-state index in [0.29, 0.717) is 18.8 Å². The second-order valence-corrected chi connectivity index (χ2v) is 7.53. The van der Waals surface area contributed by atoms with Gasteiger partial charge in [0.05, 0.1) is 12.7 Å². The molecule has 0 aromatic heterocycles. The Balaban J connectivity index is 1.40. The molecule has 0 amide bonds. The molecule has 2 rings (SSSR count).